The van der Waals surface area contributed by atoms with E-state index in [0.717, 1.165) is 90.1 Å². The number of hydrogen-bond acceptors (Lipinski definition) is 6. The van der Waals surface area contributed by atoms with Crippen LogP contribution < -0.4 is 0 Å². The molecule has 0 aromatic heterocycles. The fraction of sp³-hybridized carbons (Fsp3) is 0.938. The van der Waals surface area contributed by atoms with Crippen molar-refractivity contribution < 1.29 is 24.2 Å². The molecule has 0 spiro atoms. The normalized spacial score (nSPS) is 12.1. The summed E-state index contributed by atoms with van der Waals surface area (Å²) in [5, 5.41) is 9.37. The quantitative estimate of drug-likeness (QED) is 0.0764. The summed E-state index contributed by atoms with van der Waals surface area (Å²) in [6.07, 6.45) is 22.0. The number of nitrogens with zero attached hydrogens (tertiary/aromatic N) is 1. The van der Waals surface area contributed by atoms with Gasteiger partial charge in [-0.2, -0.15) is 0 Å². The first-order valence-electron chi connectivity index (χ1n) is 16.3. The number of carbonyl (C=O) groups is 2. The lowest BCUT2D eigenvalue weighted by atomic mass is 10.0. The van der Waals surface area contributed by atoms with Gasteiger partial charge in [-0.3, -0.25) is 9.59 Å². The second-order valence-corrected chi connectivity index (χ2v) is 10.9. The van der Waals surface area contributed by atoms with Crippen molar-refractivity contribution >= 4 is 11.9 Å². The Kier molecular flexibility index (Phi) is 28.0. The second-order valence-electron chi connectivity index (χ2n) is 10.9. The summed E-state index contributed by atoms with van der Waals surface area (Å²) in [7, 11) is 0. The lowest BCUT2D eigenvalue weighted by molar-refractivity contribution is -0.150. The van der Waals surface area contributed by atoms with Gasteiger partial charge in [-0.05, 0) is 64.5 Å². The number of esters is 2. The smallest absolute Gasteiger partial charge is 0.306 e. The number of hydrogen-bond donors (Lipinski definition) is 1. The van der Waals surface area contributed by atoms with Crippen LogP contribution in [0.1, 0.15) is 156 Å². The molecule has 38 heavy (non-hydrogen) atoms. The van der Waals surface area contributed by atoms with Crippen molar-refractivity contribution in [2.75, 3.05) is 32.8 Å². The zero-order valence-corrected chi connectivity index (χ0v) is 25.5. The molecule has 0 aromatic carbocycles. The van der Waals surface area contributed by atoms with Crippen LogP contribution >= 0.6 is 0 Å². The SMILES string of the molecule is CCCCCCOC(=O)CCCN(CCO)CCCCCCCC(=O)OC(CCCCC)CCCCCC. The summed E-state index contributed by atoms with van der Waals surface area (Å²) in [5.41, 5.74) is 0. The van der Waals surface area contributed by atoms with Crippen LogP contribution in [-0.4, -0.2) is 60.9 Å². The Morgan fingerprint density at radius 1 is 0.605 bits per heavy atom. The summed E-state index contributed by atoms with van der Waals surface area (Å²) < 4.78 is 11.2. The minimum absolute atomic E-state index is 0.0180. The van der Waals surface area contributed by atoms with Crippen molar-refractivity contribution in [2.24, 2.45) is 0 Å². The molecule has 1 N–H and O–H groups in total. The summed E-state index contributed by atoms with van der Waals surface area (Å²) in [5.74, 6) is -0.122. The standard InChI is InChI=1S/C32H63NO5/c1-4-7-10-16-22-30(21-15-9-6-3)38-32(36)23-17-13-12-14-18-25-33(27-28-34)26-20-24-31(35)37-29-19-11-8-5-2/h30,34H,4-29H2,1-3H3. The number of rotatable bonds is 29. The van der Waals surface area contributed by atoms with Crippen molar-refractivity contribution in [3.05, 3.63) is 0 Å². The maximum absolute atomic E-state index is 12.4. The Morgan fingerprint density at radius 2 is 1.13 bits per heavy atom. The molecule has 0 fully saturated rings. The van der Waals surface area contributed by atoms with E-state index >= 15 is 0 Å². The molecule has 0 bridgehead atoms. The Bertz CT molecular complexity index is 528. The van der Waals surface area contributed by atoms with Crippen molar-refractivity contribution in [1.29, 1.82) is 0 Å². The highest BCUT2D eigenvalue weighted by Gasteiger charge is 2.14. The van der Waals surface area contributed by atoms with Crippen LogP contribution in [0.2, 0.25) is 0 Å². The molecule has 0 saturated carbocycles. The third-order valence-electron chi connectivity index (χ3n) is 7.20. The highest BCUT2D eigenvalue weighted by Crippen LogP contribution is 2.17. The van der Waals surface area contributed by atoms with E-state index in [0.29, 0.717) is 26.0 Å². The van der Waals surface area contributed by atoms with Gasteiger partial charge in [0, 0.05) is 19.4 Å². The molecule has 226 valence electrons. The summed E-state index contributed by atoms with van der Waals surface area (Å²) in [6, 6.07) is 0. The summed E-state index contributed by atoms with van der Waals surface area (Å²) in [4.78, 5) is 26.5. The van der Waals surface area contributed by atoms with Gasteiger partial charge in [0.25, 0.3) is 0 Å². The van der Waals surface area contributed by atoms with E-state index in [1.165, 1.54) is 44.9 Å². The number of aliphatic hydroxyl groups excluding tert-OH is 1. The molecule has 0 amide bonds. The third-order valence-corrected chi connectivity index (χ3v) is 7.20. The molecule has 0 aliphatic heterocycles. The second kappa shape index (κ2) is 28.9. The van der Waals surface area contributed by atoms with Crippen LogP contribution in [0.4, 0.5) is 0 Å². The number of carbonyl (C=O) groups excluding carboxylic acids is 2. The predicted molar refractivity (Wildman–Crippen MR) is 158 cm³/mol. The Labute approximate surface area is 235 Å². The van der Waals surface area contributed by atoms with E-state index in [1.807, 2.05) is 0 Å². The van der Waals surface area contributed by atoms with Gasteiger partial charge in [0.2, 0.25) is 0 Å². The maximum atomic E-state index is 12.4. The van der Waals surface area contributed by atoms with E-state index in [4.69, 9.17) is 9.47 Å². The summed E-state index contributed by atoms with van der Waals surface area (Å²) in [6.45, 7) is 9.68. The van der Waals surface area contributed by atoms with Crippen molar-refractivity contribution in [3.8, 4) is 0 Å². The predicted octanol–water partition coefficient (Wildman–Crippen LogP) is 7.99. The van der Waals surface area contributed by atoms with E-state index in [1.54, 1.807) is 0 Å². The molecule has 6 heteroatoms. The average molecular weight is 542 g/mol. The minimum atomic E-state index is -0.104. The van der Waals surface area contributed by atoms with E-state index in [9.17, 15) is 14.7 Å². The fourth-order valence-electron chi connectivity index (χ4n) is 4.77. The first kappa shape index (κ1) is 36.9. The van der Waals surface area contributed by atoms with Crippen molar-refractivity contribution in [1.82, 2.24) is 4.90 Å². The van der Waals surface area contributed by atoms with Gasteiger partial charge in [0.1, 0.15) is 6.10 Å². The third kappa shape index (κ3) is 25.2. The molecule has 0 rings (SSSR count). The number of aliphatic hydroxyl groups is 1. The van der Waals surface area contributed by atoms with E-state index in [-0.39, 0.29) is 24.6 Å². The van der Waals surface area contributed by atoms with Gasteiger partial charge in [-0.25, -0.2) is 0 Å². The van der Waals surface area contributed by atoms with Crippen LogP contribution in [0.15, 0.2) is 0 Å². The molecule has 1 unspecified atom stereocenters. The fourth-order valence-corrected chi connectivity index (χ4v) is 4.77. The first-order chi connectivity index (χ1) is 18.6. The Hall–Kier alpha value is -1.14. The van der Waals surface area contributed by atoms with Gasteiger partial charge >= 0.3 is 11.9 Å². The Balaban J connectivity index is 3.94. The molecule has 0 radical (unpaired) electrons. The van der Waals surface area contributed by atoms with Crippen LogP contribution in [-0.2, 0) is 19.1 Å². The monoisotopic (exact) mass is 541 g/mol. The molecule has 0 heterocycles. The highest BCUT2D eigenvalue weighted by atomic mass is 16.5. The number of ether oxygens (including phenoxy) is 2. The van der Waals surface area contributed by atoms with Crippen LogP contribution in [0, 0.1) is 0 Å². The molecule has 1 atom stereocenters. The molecule has 0 aliphatic carbocycles. The molecule has 0 aromatic rings. The van der Waals surface area contributed by atoms with Crippen LogP contribution in [0.25, 0.3) is 0 Å². The van der Waals surface area contributed by atoms with Crippen LogP contribution in [0.5, 0.6) is 0 Å². The van der Waals surface area contributed by atoms with Gasteiger partial charge in [-0.15, -0.1) is 0 Å². The average Bonchev–Trinajstić information content (AvgIpc) is 2.90. The van der Waals surface area contributed by atoms with E-state index in [2.05, 4.69) is 25.7 Å². The topological polar surface area (TPSA) is 76.1 Å². The Morgan fingerprint density at radius 3 is 1.82 bits per heavy atom. The molecular weight excluding hydrogens is 478 g/mol. The molecular formula is C32H63NO5. The van der Waals surface area contributed by atoms with Crippen molar-refractivity contribution in [3.63, 3.8) is 0 Å². The van der Waals surface area contributed by atoms with Gasteiger partial charge < -0.3 is 19.5 Å². The molecule has 6 nitrogen and oxygen atoms in total. The summed E-state index contributed by atoms with van der Waals surface area (Å²) >= 11 is 0. The maximum Gasteiger partial charge on any atom is 0.306 e. The zero-order chi connectivity index (χ0) is 28.1. The molecule has 0 saturated heterocycles. The van der Waals surface area contributed by atoms with E-state index < -0.39 is 0 Å². The molecule has 0 aliphatic rings. The van der Waals surface area contributed by atoms with Gasteiger partial charge in [-0.1, -0.05) is 91.4 Å². The zero-order valence-electron chi connectivity index (χ0n) is 25.5. The largest absolute Gasteiger partial charge is 0.466 e. The van der Waals surface area contributed by atoms with Crippen molar-refractivity contribution in [2.45, 2.75) is 162 Å². The number of unbranched alkanes of at least 4 members (excludes halogenated alkanes) is 12. The van der Waals surface area contributed by atoms with Gasteiger partial charge in [0.15, 0.2) is 0 Å². The highest BCUT2D eigenvalue weighted by molar-refractivity contribution is 5.69. The first-order valence-corrected chi connectivity index (χ1v) is 16.3. The lowest BCUT2D eigenvalue weighted by Crippen LogP contribution is -2.29. The minimum Gasteiger partial charge on any atom is -0.466 e. The van der Waals surface area contributed by atoms with Gasteiger partial charge in [0.05, 0.1) is 13.2 Å². The van der Waals surface area contributed by atoms with Crippen LogP contribution in [0.3, 0.4) is 0 Å². The lowest BCUT2D eigenvalue weighted by Gasteiger charge is -2.21.